The van der Waals surface area contributed by atoms with Gasteiger partial charge in [-0.1, -0.05) is 13.8 Å². The van der Waals surface area contributed by atoms with E-state index in [9.17, 15) is 0 Å². The van der Waals surface area contributed by atoms with Crippen LogP contribution < -0.4 is 5.32 Å². The number of alkyl halides is 1. The zero-order valence-corrected chi connectivity index (χ0v) is 10.1. The molecule has 0 aliphatic rings. The highest BCUT2D eigenvalue weighted by Gasteiger charge is 2.08. The van der Waals surface area contributed by atoms with Gasteiger partial charge in [0.1, 0.15) is 0 Å². The predicted octanol–water partition coefficient (Wildman–Crippen LogP) is 1.79. The summed E-state index contributed by atoms with van der Waals surface area (Å²) in [4.78, 5) is 2.17. The van der Waals surface area contributed by atoms with Gasteiger partial charge in [-0.15, -0.1) is 11.6 Å². The van der Waals surface area contributed by atoms with E-state index >= 15 is 0 Å². The lowest BCUT2D eigenvalue weighted by Crippen LogP contribution is -2.36. The third-order valence-electron chi connectivity index (χ3n) is 1.93. The lowest BCUT2D eigenvalue weighted by atomic mass is 10.1. The first-order chi connectivity index (χ1) is 6.06. The quantitative estimate of drug-likeness (QED) is 0.640. The van der Waals surface area contributed by atoms with E-state index in [0.29, 0.717) is 11.9 Å². The number of likely N-dealkylation sites (N-methyl/N-ethyl adjacent to an activating group) is 1. The van der Waals surface area contributed by atoms with Crippen molar-refractivity contribution in [2.75, 3.05) is 33.1 Å². The van der Waals surface area contributed by atoms with E-state index in [-0.39, 0.29) is 0 Å². The van der Waals surface area contributed by atoms with Crippen LogP contribution in [-0.2, 0) is 0 Å². The summed E-state index contributed by atoms with van der Waals surface area (Å²) in [6, 6.07) is 0.474. The van der Waals surface area contributed by atoms with Crippen LogP contribution in [0.4, 0.5) is 0 Å². The Kier molecular flexibility index (Phi) is 7.72. The molecule has 0 rings (SSSR count). The van der Waals surface area contributed by atoms with Crippen molar-refractivity contribution < 1.29 is 0 Å². The number of rotatable bonds is 7. The Morgan fingerprint density at radius 1 is 1.31 bits per heavy atom. The van der Waals surface area contributed by atoms with E-state index in [1.807, 2.05) is 0 Å². The molecule has 0 fully saturated rings. The molecule has 80 valence electrons. The number of halogens is 1. The van der Waals surface area contributed by atoms with Gasteiger partial charge in [-0.05, 0) is 26.4 Å². The average molecular weight is 207 g/mol. The van der Waals surface area contributed by atoms with Crippen molar-refractivity contribution >= 4 is 11.6 Å². The first kappa shape index (κ1) is 13.2. The number of hydrogen-bond acceptors (Lipinski definition) is 2. The Labute approximate surface area is 87.6 Å². The Bertz CT molecular complexity index is 115. The fourth-order valence-electron chi connectivity index (χ4n) is 1.26. The van der Waals surface area contributed by atoms with E-state index in [1.165, 1.54) is 0 Å². The molecule has 0 amide bonds. The van der Waals surface area contributed by atoms with Crippen molar-refractivity contribution in [1.29, 1.82) is 0 Å². The topological polar surface area (TPSA) is 15.3 Å². The Morgan fingerprint density at radius 3 is 2.31 bits per heavy atom. The second-order valence-corrected chi connectivity index (χ2v) is 4.55. The summed E-state index contributed by atoms with van der Waals surface area (Å²) < 4.78 is 0. The van der Waals surface area contributed by atoms with E-state index in [4.69, 9.17) is 11.6 Å². The van der Waals surface area contributed by atoms with Crippen LogP contribution in [0.15, 0.2) is 0 Å². The minimum Gasteiger partial charge on any atom is -0.312 e. The van der Waals surface area contributed by atoms with Gasteiger partial charge in [-0.3, -0.25) is 0 Å². The predicted molar refractivity (Wildman–Crippen MR) is 60.5 cm³/mol. The molecule has 0 aliphatic heterocycles. The maximum absolute atomic E-state index is 5.85. The average Bonchev–Trinajstić information content (AvgIpc) is 2.01. The third-order valence-corrected chi connectivity index (χ3v) is 2.31. The summed E-state index contributed by atoms with van der Waals surface area (Å²) in [6.45, 7) is 6.56. The Morgan fingerprint density at radius 2 is 1.92 bits per heavy atom. The molecule has 0 saturated heterocycles. The molecule has 1 N–H and O–H groups in total. The summed E-state index contributed by atoms with van der Waals surface area (Å²) >= 11 is 5.85. The molecule has 3 heteroatoms. The van der Waals surface area contributed by atoms with Gasteiger partial charge in [0.15, 0.2) is 0 Å². The van der Waals surface area contributed by atoms with Gasteiger partial charge >= 0.3 is 0 Å². The fraction of sp³-hybridized carbons (Fsp3) is 1.00. The van der Waals surface area contributed by atoms with Crippen LogP contribution in [0.1, 0.15) is 20.3 Å². The monoisotopic (exact) mass is 206 g/mol. The van der Waals surface area contributed by atoms with Crippen LogP contribution in [0.5, 0.6) is 0 Å². The highest BCUT2D eigenvalue weighted by molar-refractivity contribution is 6.18. The summed E-state index contributed by atoms with van der Waals surface area (Å²) in [5.41, 5.74) is 0. The maximum Gasteiger partial charge on any atom is 0.0377 e. The van der Waals surface area contributed by atoms with E-state index in [0.717, 1.165) is 25.4 Å². The van der Waals surface area contributed by atoms with Crippen LogP contribution >= 0.6 is 11.6 Å². The van der Waals surface area contributed by atoms with Crippen molar-refractivity contribution in [2.45, 2.75) is 26.3 Å². The van der Waals surface area contributed by atoms with Gasteiger partial charge in [-0.2, -0.15) is 0 Å². The minimum atomic E-state index is 0.474. The van der Waals surface area contributed by atoms with Gasteiger partial charge in [0, 0.05) is 25.0 Å². The van der Waals surface area contributed by atoms with Crippen molar-refractivity contribution in [3.8, 4) is 0 Å². The van der Waals surface area contributed by atoms with Crippen molar-refractivity contribution in [3.05, 3.63) is 0 Å². The first-order valence-corrected chi connectivity index (χ1v) is 5.53. The number of hydrogen-bond donors (Lipinski definition) is 1. The molecular formula is C10H23ClN2. The highest BCUT2D eigenvalue weighted by atomic mass is 35.5. The maximum atomic E-state index is 5.85. The standard InChI is InChI=1S/C10H23ClN2/c1-9(2)7-10(8-11)12-5-6-13(3)4/h9-10,12H,5-8H2,1-4H3. The molecule has 0 bridgehead atoms. The second-order valence-electron chi connectivity index (χ2n) is 4.24. The van der Waals surface area contributed by atoms with E-state index in [1.54, 1.807) is 0 Å². The van der Waals surface area contributed by atoms with Crippen LogP contribution in [0, 0.1) is 5.92 Å². The smallest absolute Gasteiger partial charge is 0.0377 e. The second kappa shape index (κ2) is 7.60. The molecule has 0 spiro atoms. The van der Waals surface area contributed by atoms with E-state index in [2.05, 4.69) is 38.2 Å². The molecule has 1 atom stereocenters. The number of nitrogens with one attached hydrogen (secondary N) is 1. The summed E-state index contributed by atoms with van der Waals surface area (Å²) in [5, 5.41) is 3.46. The molecule has 13 heavy (non-hydrogen) atoms. The largest absolute Gasteiger partial charge is 0.312 e. The molecule has 0 aromatic rings. The molecule has 0 aromatic heterocycles. The van der Waals surface area contributed by atoms with Crippen LogP contribution in [0.25, 0.3) is 0 Å². The number of nitrogens with zero attached hydrogens (tertiary/aromatic N) is 1. The van der Waals surface area contributed by atoms with Crippen molar-refractivity contribution in [3.63, 3.8) is 0 Å². The van der Waals surface area contributed by atoms with Crippen LogP contribution in [-0.4, -0.2) is 44.0 Å². The minimum absolute atomic E-state index is 0.474. The molecule has 0 saturated carbocycles. The van der Waals surface area contributed by atoms with Gasteiger partial charge in [0.25, 0.3) is 0 Å². The van der Waals surface area contributed by atoms with Gasteiger partial charge in [0.2, 0.25) is 0 Å². The highest BCUT2D eigenvalue weighted by Crippen LogP contribution is 2.05. The summed E-state index contributed by atoms with van der Waals surface area (Å²) in [6.07, 6.45) is 1.16. The van der Waals surface area contributed by atoms with Gasteiger partial charge in [0.05, 0.1) is 0 Å². The summed E-state index contributed by atoms with van der Waals surface area (Å²) in [7, 11) is 4.17. The molecule has 2 nitrogen and oxygen atoms in total. The lowest BCUT2D eigenvalue weighted by Gasteiger charge is -2.19. The van der Waals surface area contributed by atoms with Crippen LogP contribution in [0.3, 0.4) is 0 Å². The lowest BCUT2D eigenvalue weighted by molar-refractivity contribution is 0.372. The van der Waals surface area contributed by atoms with Gasteiger partial charge in [-0.25, -0.2) is 0 Å². The zero-order valence-electron chi connectivity index (χ0n) is 9.31. The molecular weight excluding hydrogens is 184 g/mol. The SMILES string of the molecule is CC(C)CC(CCl)NCCN(C)C. The first-order valence-electron chi connectivity index (χ1n) is 5.00. The molecule has 0 aliphatic carbocycles. The molecule has 1 unspecified atom stereocenters. The van der Waals surface area contributed by atoms with Crippen molar-refractivity contribution in [1.82, 2.24) is 10.2 Å². The zero-order chi connectivity index (χ0) is 10.3. The third kappa shape index (κ3) is 8.54. The van der Waals surface area contributed by atoms with Gasteiger partial charge < -0.3 is 10.2 Å². The molecule has 0 heterocycles. The summed E-state index contributed by atoms with van der Waals surface area (Å²) in [5.74, 6) is 1.43. The fourth-order valence-corrected chi connectivity index (χ4v) is 1.50. The Balaban J connectivity index is 3.48. The normalized spacial score (nSPS) is 14.1. The van der Waals surface area contributed by atoms with Crippen molar-refractivity contribution in [2.24, 2.45) is 5.92 Å². The molecule has 0 aromatic carbocycles. The Hall–Kier alpha value is 0.210. The molecule has 0 radical (unpaired) electrons. The van der Waals surface area contributed by atoms with E-state index < -0.39 is 0 Å². The van der Waals surface area contributed by atoms with Crippen LogP contribution in [0.2, 0.25) is 0 Å².